The number of aryl methyl sites for hydroxylation is 2. The highest BCUT2D eigenvalue weighted by atomic mass is 32.2. The molecule has 1 aliphatic carbocycles. The first-order valence-electron chi connectivity index (χ1n) is 6.88. The Balaban J connectivity index is 2.17. The summed E-state index contributed by atoms with van der Waals surface area (Å²) in [4.78, 5) is 2.31. The van der Waals surface area contributed by atoms with E-state index in [0.29, 0.717) is 18.0 Å². The van der Waals surface area contributed by atoms with Gasteiger partial charge in [-0.1, -0.05) is 18.0 Å². The van der Waals surface area contributed by atoms with Crippen molar-refractivity contribution in [3.8, 4) is 0 Å². The summed E-state index contributed by atoms with van der Waals surface area (Å²) in [7, 11) is 0.449. The van der Waals surface area contributed by atoms with Gasteiger partial charge in [-0.2, -0.15) is 0 Å². The van der Waals surface area contributed by atoms with Crippen LogP contribution in [-0.4, -0.2) is 44.7 Å². The number of hydrogen-bond donors (Lipinski definition) is 1. The van der Waals surface area contributed by atoms with Crippen molar-refractivity contribution in [2.75, 3.05) is 20.6 Å². The summed E-state index contributed by atoms with van der Waals surface area (Å²) in [6.45, 7) is 3.68. The quantitative estimate of drug-likeness (QED) is 0.890. The minimum Gasteiger partial charge on any atom is -0.360 e. The molecule has 1 aromatic heterocycles. The maximum atomic E-state index is 12.4. The van der Waals surface area contributed by atoms with Crippen molar-refractivity contribution in [2.45, 2.75) is 50.0 Å². The summed E-state index contributed by atoms with van der Waals surface area (Å²) < 4.78 is 32.5. The lowest BCUT2D eigenvalue weighted by atomic mass is 9.97. The van der Waals surface area contributed by atoms with E-state index in [0.717, 1.165) is 25.7 Å². The first-order valence-corrected chi connectivity index (χ1v) is 8.37. The number of hydrogen-bond acceptors (Lipinski definition) is 5. The average molecular weight is 301 g/mol. The van der Waals surface area contributed by atoms with Gasteiger partial charge >= 0.3 is 0 Å². The fraction of sp³-hybridized carbons (Fsp3) is 0.769. The van der Waals surface area contributed by atoms with E-state index < -0.39 is 10.0 Å². The largest absolute Gasteiger partial charge is 0.360 e. The third-order valence-electron chi connectivity index (χ3n) is 4.31. The standard InChI is InChI=1S/C13H23N3O3S/c1-10-12(11(2)19-15-10)20(17,18)14-9-13(16(3)4)7-5-6-8-13/h14H,5-9H2,1-4H3. The fourth-order valence-corrected chi connectivity index (χ4v) is 4.42. The molecule has 0 saturated heterocycles. The zero-order valence-electron chi connectivity index (χ0n) is 12.6. The molecule has 0 unspecified atom stereocenters. The third kappa shape index (κ3) is 2.75. The van der Waals surface area contributed by atoms with Gasteiger partial charge in [-0.25, -0.2) is 13.1 Å². The second-order valence-corrected chi connectivity index (χ2v) is 7.51. The van der Waals surface area contributed by atoms with Gasteiger partial charge in [0.25, 0.3) is 0 Å². The predicted molar refractivity (Wildman–Crippen MR) is 76.1 cm³/mol. The van der Waals surface area contributed by atoms with Crippen LogP contribution in [0, 0.1) is 13.8 Å². The smallest absolute Gasteiger partial charge is 0.246 e. The van der Waals surface area contributed by atoms with Crippen LogP contribution in [0.5, 0.6) is 0 Å². The first kappa shape index (κ1) is 15.5. The molecule has 7 heteroatoms. The number of likely N-dealkylation sites (N-methyl/N-ethyl adjacent to an activating group) is 1. The highest BCUT2D eigenvalue weighted by molar-refractivity contribution is 7.89. The Bertz CT molecular complexity index is 552. The Morgan fingerprint density at radius 2 is 1.90 bits per heavy atom. The van der Waals surface area contributed by atoms with Crippen LogP contribution in [0.25, 0.3) is 0 Å². The van der Waals surface area contributed by atoms with Gasteiger partial charge in [-0.15, -0.1) is 0 Å². The van der Waals surface area contributed by atoms with Crippen molar-refractivity contribution >= 4 is 10.0 Å². The van der Waals surface area contributed by atoms with Crippen molar-refractivity contribution in [2.24, 2.45) is 0 Å². The van der Waals surface area contributed by atoms with Crippen LogP contribution < -0.4 is 4.72 Å². The predicted octanol–water partition coefficient (Wildman–Crippen LogP) is 1.44. The van der Waals surface area contributed by atoms with Crippen LogP contribution in [0.1, 0.15) is 37.1 Å². The molecule has 114 valence electrons. The molecule has 1 fully saturated rings. The molecule has 1 heterocycles. The van der Waals surface area contributed by atoms with Crippen LogP contribution in [0.3, 0.4) is 0 Å². The lowest BCUT2D eigenvalue weighted by Gasteiger charge is -2.36. The molecule has 0 aromatic carbocycles. The topological polar surface area (TPSA) is 75.4 Å². The molecular weight excluding hydrogens is 278 g/mol. The maximum absolute atomic E-state index is 12.4. The molecule has 1 aromatic rings. The Hall–Kier alpha value is -0.920. The second-order valence-electron chi connectivity index (χ2n) is 5.80. The monoisotopic (exact) mass is 301 g/mol. The molecule has 1 saturated carbocycles. The van der Waals surface area contributed by atoms with Crippen LogP contribution in [0.2, 0.25) is 0 Å². The van der Waals surface area contributed by atoms with E-state index in [-0.39, 0.29) is 10.4 Å². The SMILES string of the molecule is Cc1noc(C)c1S(=O)(=O)NCC1(N(C)C)CCCC1. The molecule has 0 bridgehead atoms. The van der Waals surface area contributed by atoms with E-state index in [1.807, 2.05) is 14.1 Å². The molecule has 6 nitrogen and oxygen atoms in total. The summed E-state index contributed by atoms with van der Waals surface area (Å²) in [5.74, 6) is 0.334. The first-order chi connectivity index (χ1) is 9.28. The maximum Gasteiger partial charge on any atom is 0.246 e. The summed E-state index contributed by atoms with van der Waals surface area (Å²) in [5, 5.41) is 3.71. The van der Waals surface area contributed by atoms with Gasteiger partial charge in [0.1, 0.15) is 10.6 Å². The van der Waals surface area contributed by atoms with E-state index in [1.54, 1.807) is 13.8 Å². The fourth-order valence-electron chi connectivity index (χ4n) is 2.98. The van der Waals surface area contributed by atoms with Crippen LogP contribution in [0.4, 0.5) is 0 Å². The van der Waals surface area contributed by atoms with Gasteiger partial charge in [-0.05, 0) is 40.8 Å². The Morgan fingerprint density at radius 1 is 1.30 bits per heavy atom. The van der Waals surface area contributed by atoms with E-state index in [1.165, 1.54) is 0 Å². The number of nitrogens with zero attached hydrogens (tertiary/aromatic N) is 2. The van der Waals surface area contributed by atoms with Gasteiger partial charge in [0.05, 0.1) is 0 Å². The van der Waals surface area contributed by atoms with Crippen molar-refractivity contribution in [3.05, 3.63) is 11.5 Å². The van der Waals surface area contributed by atoms with Crippen molar-refractivity contribution in [1.82, 2.24) is 14.8 Å². The third-order valence-corrected chi connectivity index (χ3v) is 5.96. The number of aromatic nitrogens is 1. The summed E-state index contributed by atoms with van der Waals surface area (Å²) >= 11 is 0. The van der Waals surface area contributed by atoms with E-state index in [9.17, 15) is 8.42 Å². The molecular formula is C13H23N3O3S. The van der Waals surface area contributed by atoms with Crippen molar-refractivity contribution in [3.63, 3.8) is 0 Å². The molecule has 0 amide bonds. The lowest BCUT2D eigenvalue weighted by molar-refractivity contribution is 0.162. The normalized spacial score (nSPS) is 18.9. The molecule has 1 N–H and O–H groups in total. The van der Waals surface area contributed by atoms with E-state index in [2.05, 4.69) is 14.8 Å². The van der Waals surface area contributed by atoms with Crippen LogP contribution in [-0.2, 0) is 10.0 Å². The molecule has 0 aliphatic heterocycles. The van der Waals surface area contributed by atoms with Crippen molar-refractivity contribution in [1.29, 1.82) is 0 Å². The minimum absolute atomic E-state index is 0.0773. The van der Waals surface area contributed by atoms with E-state index >= 15 is 0 Å². The van der Waals surface area contributed by atoms with Crippen LogP contribution in [0.15, 0.2) is 9.42 Å². The van der Waals surface area contributed by atoms with Gasteiger partial charge < -0.3 is 9.42 Å². The lowest BCUT2D eigenvalue weighted by Crippen LogP contribution is -2.50. The average Bonchev–Trinajstić information content (AvgIpc) is 2.95. The molecule has 1 aliphatic rings. The summed E-state index contributed by atoms with van der Waals surface area (Å²) in [6.07, 6.45) is 4.32. The zero-order valence-corrected chi connectivity index (χ0v) is 13.4. The highest BCUT2D eigenvalue weighted by Gasteiger charge is 2.37. The van der Waals surface area contributed by atoms with Gasteiger partial charge in [0, 0.05) is 12.1 Å². The Morgan fingerprint density at radius 3 is 2.35 bits per heavy atom. The van der Waals surface area contributed by atoms with Crippen LogP contribution >= 0.6 is 0 Å². The van der Waals surface area contributed by atoms with Gasteiger partial charge in [-0.3, -0.25) is 0 Å². The molecule has 0 spiro atoms. The van der Waals surface area contributed by atoms with Gasteiger partial charge in [0.2, 0.25) is 10.0 Å². The number of rotatable bonds is 5. The zero-order chi connectivity index (χ0) is 15.0. The molecule has 2 rings (SSSR count). The summed E-state index contributed by atoms with van der Waals surface area (Å²) in [6, 6.07) is 0. The number of sulfonamides is 1. The summed E-state index contributed by atoms with van der Waals surface area (Å²) in [5.41, 5.74) is 0.326. The second kappa shape index (κ2) is 5.46. The molecule has 0 atom stereocenters. The number of nitrogens with one attached hydrogen (secondary N) is 1. The van der Waals surface area contributed by atoms with E-state index in [4.69, 9.17) is 4.52 Å². The Labute approximate surface area is 120 Å². The Kier molecular flexibility index (Phi) is 4.22. The van der Waals surface area contributed by atoms with Crippen molar-refractivity contribution < 1.29 is 12.9 Å². The van der Waals surface area contributed by atoms with Gasteiger partial charge in [0.15, 0.2) is 5.76 Å². The highest BCUT2D eigenvalue weighted by Crippen LogP contribution is 2.33. The molecule has 0 radical (unpaired) electrons. The minimum atomic E-state index is -3.57. The molecule has 20 heavy (non-hydrogen) atoms.